The molecule has 0 aromatic carbocycles. The molecule has 0 saturated carbocycles. The normalized spacial score (nSPS) is 17.5. The van der Waals surface area contributed by atoms with E-state index in [2.05, 4.69) is 0 Å². The highest BCUT2D eigenvalue weighted by Gasteiger charge is 2.53. The molecule has 0 amide bonds. The number of rotatable bonds is 2. The molecular weight excluding hydrogens is 168 g/mol. The van der Waals surface area contributed by atoms with Gasteiger partial charge in [0.25, 0.3) is 0 Å². The van der Waals surface area contributed by atoms with E-state index in [1.165, 1.54) is 0 Å². The van der Waals surface area contributed by atoms with Crippen molar-refractivity contribution in [2.24, 2.45) is 0 Å². The smallest absolute Gasteiger partial charge is 0.422 e. The molecule has 0 aliphatic carbocycles. The molecule has 0 aliphatic rings. The van der Waals surface area contributed by atoms with Crippen LogP contribution in [0.5, 0.6) is 0 Å². The number of alkyl halides is 4. The van der Waals surface area contributed by atoms with Gasteiger partial charge in [-0.3, -0.25) is 4.79 Å². The molecule has 66 valence electrons. The van der Waals surface area contributed by atoms with Gasteiger partial charge in [-0.05, 0) is 6.92 Å². The van der Waals surface area contributed by atoms with Gasteiger partial charge in [0, 0.05) is 0 Å². The van der Waals surface area contributed by atoms with E-state index in [1.54, 1.807) is 0 Å². The predicted molar refractivity (Wildman–Crippen MR) is 27.8 cm³/mol. The summed E-state index contributed by atoms with van der Waals surface area (Å²) in [6, 6.07) is 0. The van der Waals surface area contributed by atoms with E-state index in [4.69, 9.17) is 5.11 Å². The minimum absolute atomic E-state index is 0.196. The number of carbonyl (C=O) groups is 1. The molecule has 11 heavy (non-hydrogen) atoms. The maximum Gasteiger partial charge on any atom is 0.422 e. The van der Waals surface area contributed by atoms with Gasteiger partial charge in [0.15, 0.2) is 0 Å². The van der Waals surface area contributed by atoms with Crippen molar-refractivity contribution in [2.45, 2.75) is 25.2 Å². The second kappa shape index (κ2) is 2.67. The summed E-state index contributed by atoms with van der Waals surface area (Å²) in [5, 5.41) is 7.87. The van der Waals surface area contributed by atoms with Gasteiger partial charge in [-0.2, -0.15) is 13.2 Å². The van der Waals surface area contributed by atoms with Crippen molar-refractivity contribution in [3.8, 4) is 0 Å². The Hall–Kier alpha value is -0.810. The molecule has 0 saturated heterocycles. The second-order valence-corrected chi connectivity index (χ2v) is 2.27. The van der Waals surface area contributed by atoms with Crippen LogP contribution in [0.15, 0.2) is 0 Å². The summed E-state index contributed by atoms with van der Waals surface area (Å²) in [5.41, 5.74) is -3.64. The Labute approximate surface area is 59.8 Å². The van der Waals surface area contributed by atoms with Gasteiger partial charge in [-0.15, -0.1) is 0 Å². The molecule has 2 nitrogen and oxygen atoms in total. The van der Waals surface area contributed by atoms with E-state index in [1.807, 2.05) is 0 Å². The molecule has 0 rings (SSSR count). The molecule has 0 spiro atoms. The quantitative estimate of drug-likeness (QED) is 0.647. The third-order valence-electron chi connectivity index (χ3n) is 1.07. The molecule has 0 fully saturated rings. The van der Waals surface area contributed by atoms with E-state index in [0.717, 1.165) is 0 Å². The van der Waals surface area contributed by atoms with Crippen molar-refractivity contribution >= 4 is 5.97 Å². The molecule has 1 atom stereocenters. The highest BCUT2D eigenvalue weighted by Crippen LogP contribution is 2.35. The maximum absolute atomic E-state index is 12.3. The Bertz CT molecular complexity index is 160. The fraction of sp³-hybridized carbons (Fsp3) is 0.800. The number of hydrogen-bond donors (Lipinski definition) is 1. The number of carboxylic acid groups (broad SMARTS) is 1. The van der Waals surface area contributed by atoms with Crippen molar-refractivity contribution in [3.63, 3.8) is 0 Å². The molecule has 6 heteroatoms. The molecule has 1 N–H and O–H groups in total. The van der Waals surface area contributed by atoms with Crippen molar-refractivity contribution in [1.82, 2.24) is 0 Å². The summed E-state index contributed by atoms with van der Waals surface area (Å²) in [7, 11) is 0. The lowest BCUT2D eigenvalue weighted by atomic mass is 10.1. The van der Waals surface area contributed by atoms with Gasteiger partial charge < -0.3 is 5.11 Å². The Morgan fingerprint density at radius 1 is 1.36 bits per heavy atom. The molecule has 0 aromatic heterocycles. The largest absolute Gasteiger partial charge is 0.481 e. The van der Waals surface area contributed by atoms with Crippen LogP contribution in [0.2, 0.25) is 0 Å². The summed E-state index contributed by atoms with van der Waals surface area (Å²) < 4.78 is 47.0. The van der Waals surface area contributed by atoms with Crippen LogP contribution >= 0.6 is 0 Å². The molecule has 0 aromatic rings. The summed E-state index contributed by atoms with van der Waals surface area (Å²) in [5.74, 6) is -1.81. The van der Waals surface area contributed by atoms with E-state index in [0.29, 0.717) is 0 Å². The van der Waals surface area contributed by atoms with Gasteiger partial charge in [0.05, 0.1) is 6.42 Å². The van der Waals surface area contributed by atoms with Crippen LogP contribution in [0.25, 0.3) is 0 Å². The van der Waals surface area contributed by atoms with Gasteiger partial charge >= 0.3 is 12.1 Å². The minimum Gasteiger partial charge on any atom is -0.481 e. The number of hydrogen-bond acceptors (Lipinski definition) is 1. The van der Waals surface area contributed by atoms with Crippen LogP contribution in [-0.2, 0) is 4.79 Å². The number of halogens is 4. The first kappa shape index (κ1) is 10.2. The van der Waals surface area contributed by atoms with Crippen LogP contribution in [0.3, 0.4) is 0 Å². The summed E-state index contributed by atoms with van der Waals surface area (Å²) >= 11 is 0. The van der Waals surface area contributed by atoms with Crippen molar-refractivity contribution in [2.75, 3.05) is 0 Å². The third kappa shape index (κ3) is 2.73. The molecule has 0 bridgehead atoms. The average molecular weight is 174 g/mol. The van der Waals surface area contributed by atoms with Crippen LogP contribution in [0.1, 0.15) is 13.3 Å². The van der Waals surface area contributed by atoms with E-state index in [-0.39, 0.29) is 6.92 Å². The molecular formula is C5H6F4O2. The average Bonchev–Trinajstić information content (AvgIpc) is 1.56. The van der Waals surface area contributed by atoms with Crippen LogP contribution in [0.4, 0.5) is 17.6 Å². The predicted octanol–water partition coefficient (Wildman–Crippen LogP) is 1.75. The molecule has 0 aliphatic heterocycles. The van der Waals surface area contributed by atoms with Crippen LogP contribution < -0.4 is 0 Å². The Morgan fingerprint density at radius 3 is 1.82 bits per heavy atom. The standard InChI is InChI=1S/C5H6F4O2/c1-4(6,2-3(10)11)5(7,8)9/h2H2,1H3,(H,10,11). The molecule has 0 heterocycles. The highest BCUT2D eigenvalue weighted by molar-refractivity contribution is 5.68. The minimum atomic E-state index is -5.12. The van der Waals surface area contributed by atoms with E-state index in [9.17, 15) is 22.4 Å². The highest BCUT2D eigenvalue weighted by atomic mass is 19.4. The van der Waals surface area contributed by atoms with Crippen molar-refractivity contribution in [1.29, 1.82) is 0 Å². The Balaban J connectivity index is 4.34. The van der Waals surface area contributed by atoms with Crippen LogP contribution in [-0.4, -0.2) is 22.9 Å². The number of aliphatic carboxylic acids is 1. The second-order valence-electron chi connectivity index (χ2n) is 2.27. The monoisotopic (exact) mass is 174 g/mol. The lowest BCUT2D eigenvalue weighted by molar-refractivity contribution is -0.227. The fourth-order valence-electron chi connectivity index (χ4n) is 0.384. The maximum atomic E-state index is 12.3. The third-order valence-corrected chi connectivity index (χ3v) is 1.07. The summed E-state index contributed by atoms with van der Waals surface area (Å²) in [6.07, 6.45) is -6.68. The lowest BCUT2D eigenvalue weighted by Crippen LogP contribution is -2.39. The topological polar surface area (TPSA) is 37.3 Å². The van der Waals surface area contributed by atoms with Gasteiger partial charge in [0.2, 0.25) is 5.67 Å². The van der Waals surface area contributed by atoms with Gasteiger partial charge in [0.1, 0.15) is 0 Å². The molecule has 0 radical (unpaired) electrons. The van der Waals surface area contributed by atoms with Gasteiger partial charge in [-0.25, -0.2) is 4.39 Å². The van der Waals surface area contributed by atoms with Gasteiger partial charge in [-0.1, -0.05) is 0 Å². The Morgan fingerprint density at radius 2 is 1.73 bits per heavy atom. The summed E-state index contributed by atoms with van der Waals surface area (Å²) in [6.45, 7) is 0.196. The first-order chi connectivity index (χ1) is 4.67. The van der Waals surface area contributed by atoms with Crippen LogP contribution in [0, 0.1) is 0 Å². The lowest BCUT2D eigenvalue weighted by Gasteiger charge is -2.20. The summed E-state index contributed by atoms with van der Waals surface area (Å²) in [4.78, 5) is 9.72. The van der Waals surface area contributed by atoms with E-state index >= 15 is 0 Å². The first-order valence-electron chi connectivity index (χ1n) is 2.64. The fourth-order valence-corrected chi connectivity index (χ4v) is 0.384. The zero-order valence-corrected chi connectivity index (χ0v) is 5.57. The van der Waals surface area contributed by atoms with Crippen molar-refractivity contribution in [3.05, 3.63) is 0 Å². The number of carboxylic acids is 1. The zero-order chi connectivity index (χ0) is 9.28. The zero-order valence-electron chi connectivity index (χ0n) is 5.57. The Kier molecular flexibility index (Phi) is 2.47. The SMILES string of the molecule is CC(F)(CC(=O)O)C(F)(F)F. The first-order valence-corrected chi connectivity index (χ1v) is 2.64. The molecule has 1 unspecified atom stereocenters. The van der Waals surface area contributed by atoms with Crippen molar-refractivity contribution < 1.29 is 27.5 Å². The van der Waals surface area contributed by atoms with E-state index < -0.39 is 24.2 Å².